The fraction of sp³-hybridized carbons (Fsp3) is 0.462. The van der Waals surface area contributed by atoms with Crippen LogP contribution in [0.4, 0.5) is 5.69 Å². The van der Waals surface area contributed by atoms with Gasteiger partial charge in [0.2, 0.25) is 5.91 Å². The molecular weight excluding hydrogens is 236 g/mol. The van der Waals surface area contributed by atoms with Crippen LogP contribution in [0.3, 0.4) is 0 Å². The van der Waals surface area contributed by atoms with E-state index in [1.807, 2.05) is 19.1 Å². The second-order valence-electron chi connectivity index (χ2n) is 4.51. The zero-order valence-corrected chi connectivity index (χ0v) is 10.7. The second-order valence-corrected chi connectivity index (χ2v) is 4.92. The van der Waals surface area contributed by atoms with Crippen molar-refractivity contribution in [3.8, 4) is 0 Å². The van der Waals surface area contributed by atoms with E-state index >= 15 is 0 Å². The molecule has 92 valence electrons. The lowest BCUT2D eigenvalue weighted by Gasteiger charge is -2.11. The average Bonchev–Trinajstić information content (AvgIpc) is 2.76. The molecule has 0 aliphatic carbocycles. The Morgan fingerprint density at radius 3 is 3.06 bits per heavy atom. The molecule has 2 rings (SSSR count). The summed E-state index contributed by atoms with van der Waals surface area (Å²) in [6, 6.07) is 5.90. The highest BCUT2D eigenvalue weighted by Gasteiger charge is 2.17. The van der Waals surface area contributed by atoms with Crippen molar-refractivity contribution in [1.82, 2.24) is 5.32 Å². The minimum absolute atomic E-state index is 0.0457. The van der Waals surface area contributed by atoms with Crippen LogP contribution >= 0.6 is 11.6 Å². The van der Waals surface area contributed by atoms with E-state index in [2.05, 4.69) is 10.6 Å². The van der Waals surface area contributed by atoms with Crippen LogP contribution in [0, 0.1) is 6.92 Å². The van der Waals surface area contributed by atoms with Gasteiger partial charge >= 0.3 is 0 Å². The summed E-state index contributed by atoms with van der Waals surface area (Å²) in [5.41, 5.74) is 1.78. The number of aryl methyl sites for hydroxylation is 1. The van der Waals surface area contributed by atoms with Gasteiger partial charge in [-0.2, -0.15) is 0 Å². The van der Waals surface area contributed by atoms with E-state index in [9.17, 15) is 4.79 Å². The molecule has 2 N–H and O–H groups in total. The van der Waals surface area contributed by atoms with E-state index in [1.165, 1.54) is 0 Å². The predicted molar refractivity (Wildman–Crippen MR) is 70.5 cm³/mol. The molecule has 0 saturated carbocycles. The summed E-state index contributed by atoms with van der Waals surface area (Å²) in [5, 5.41) is 6.86. The smallest absolute Gasteiger partial charge is 0.225 e. The van der Waals surface area contributed by atoms with Crippen molar-refractivity contribution < 1.29 is 4.79 Å². The Morgan fingerprint density at radius 2 is 2.41 bits per heavy atom. The lowest BCUT2D eigenvalue weighted by atomic mass is 10.1. The summed E-state index contributed by atoms with van der Waals surface area (Å²) >= 11 is 6.00. The molecule has 1 saturated heterocycles. The number of rotatable bonds is 3. The van der Waals surface area contributed by atoms with Gasteiger partial charge in [0.1, 0.15) is 0 Å². The van der Waals surface area contributed by atoms with E-state index in [0.717, 1.165) is 30.6 Å². The maximum absolute atomic E-state index is 11.8. The Balaban J connectivity index is 1.90. The summed E-state index contributed by atoms with van der Waals surface area (Å²) in [7, 11) is 0. The second kappa shape index (κ2) is 5.52. The highest BCUT2D eigenvalue weighted by Crippen LogP contribution is 2.20. The number of hydrogen-bond acceptors (Lipinski definition) is 2. The van der Waals surface area contributed by atoms with Crippen LogP contribution in [0.1, 0.15) is 24.8 Å². The molecule has 1 amide bonds. The number of anilines is 1. The Hall–Kier alpha value is -1.06. The normalized spacial score (nSPS) is 19.3. The number of nitrogens with one attached hydrogen (secondary N) is 2. The van der Waals surface area contributed by atoms with E-state index in [-0.39, 0.29) is 5.91 Å². The van der Waals surface area contributed by atoms with Gasteiger partial charge in [-0.1, -0.05) is 17.7 Å². The van der Waals surface area contributed by atoms with E-state index in [0.29, 0.717) is 17.5 Å². The van der Waals surface area contributed by atoms with Crippen molar-refractivity contribution in [3.63, 3.8) is 0 Å². The van der Waals surface area contributed by atoms with Gasteiger partial charge in [0.15, 0.2) is 0 Å². The van der Waals surface area contributed by atoms with Gasteiger partial charge in [0.05, 0.1) is 0 Å². The summed E-state index contributed by atoms with van der Waals surface area (Å²) in [6.45, 7) is 2.96. The number of amides is 1. The Morgan fingerprint density at radius 1 is 1.59 bits per heavy atom. The quantitative estimate of drug-likeness (QED) is 0.869. The number of carbonyl (C=O) groups excluding carboxylic acids is 1. The molecule has 0 radical (unpaired) electrons. The van der Waals surface area contributed by atoms with Crippen LogP contribution in [0.25, 0.3) is 0 Å². The van der Waals surface area contributed by atoms with Gasteiger partial charge in [-0.05, 0) is 44.0 Å². The van der Waals surface area contributed by atoms with Gasteiger partial charge in [-0.3, -0.25) is 4.79 Å². The molecule has 1 atom stereocenters. The van der Waals surface area contributed by atoms with Crippen LogP contribution in [0.2, 0.25) is 5.02 Å². The molecule has 17 heavy (non-hydrogen) atoms. The molecule has 3 nitrogen and oxygen atoms in total. The maximum Gasteiger partial charge on any atom is 0.225 e. The first kappa shape index (κ1) is 12.4. The van der Waals surface area contributed by atoms with Gasteiger partial charge in [-0.25, -0.2) is 0 Å². The third kappa shape index (κ3) is 3.45. The van der Waals surface area contributed by atoms with E-state index < -0.39 is 0 Å². The zero-order valence-electron chi connectivity index (χ0n) is 9.92. The summed E-state index contributed by atoms with van der Waals surface area (Å²) in [4.78, 5) is 11.8. The Labute approximate surface area is 107 Å². The van der Waals surface area contributed by atoms with Crippen molar-refractivity contribution in [2.45, 2.75) is 32.2 Å². The Bertz CT molecular complexity index is 414. The zero-order chi connectivity index (χ0) is 12.3. The number of benzene rings is 1. The monoisotopic (exact) mass is 252 g/mol. The molecular formula is C13H17ClN2O. The van der Waals surface area contributed by atoms with Crippen LogP contribution in [-0.2, 0) is 4.79 Å². The van der Waals surface area contributed by atoms with Gasteiger partial charge in [0.25, 0.3) is 0 Å². The van der Waals surface area contributed by atoms with Gasteiger partial charge < -0.3 is 10.6 Å². The van der Waals surface area contributed by atoms with Crippen molar-refractivity contribution >= 4 is 23.2 Å². The largest absolute Gasteiger partial charge is 0.326 e. The van der Waals surface area contributed by atoms with Crippen LogP contribution < -0.4 is 10.6 Å². The molecule has 1 aromatic carbocycles. The predicted octanol–water partition coefficient (Wildman–Crippen LogP) is 2.73. The van der Waals surface area contributed by atoms with Crippen LogP contribution in [0.5, 0.6) is 0 Å². The number of carbonyl (C=O) groups is 1. The highest BCUT2D eigenvalue weighted by atomic mass is 35.5. The molecule has 1 aliphatic rings. The topological polar surface area (TPSA) is 41.1 Å². The molecule has 1 heterocycles. The lowest BCUT2D eigenvalue weighted by Crippen LogP contribution is -2.27. The van der Waals surface area contributed by atoms with Gasteiger partial charge in [0, 0.05) is 23.2 Å². The van der Waals surface area contributed by atoms with E-state index in [4.69, 9.17) is 11.6 Å². The number of hydrogen-bond donors (Lipinski definition) is 2. The number of halogens is 1. The fourth-order valence-corrected chi connectivity index (χ4v) is 2.22. The minimum Gasteiger partial charge on any atom is -0.326 e. The Kier molecular flexibility index (Phi) is 4.02. The molecule has 1 unspecified atom stereocenters. The minimum atomic E-state index is 0.0457. The maximum atomic E-state index is 11.8. The van der Waals surface area contributed by atoms with Crippen LogP contribution in [0.15, 0.2) is 18.2 Å². The first-order chi connectivity index (χ1) is 8.15. The first-order valence-corrected chi connectivity index (χ1v) is 6.32. The van der Waals surface area contributed by atoms with Gasteiger partial charge in [-0.15, -0.1) is 0 Å². The standard InChI is InChI=1S/C13H17ClN2O/c1-9-4-5-11(7-12(9)14)16-13(17)8-10-3-2-6-15-10/h4-5,7,10,15H,2-3,6,8H2,1H3,(H,16,17). The molecule has 0 aromatic heterocycles. The summed E-state index contributed by atoms with van der Waals surface area (Å²) in [5.74, 6) is 0.0457. The molecule has 1 aromatic rings. The SMILES string of the molecule is Cc1ccc(NC(=O)CC2CCCN2)cc1Cl. The third-order valence-corrected chi connectivity index (χ3v) is 3.46. The molecule has 4 heteroatoms. The highest BCUT2D eigenvalue weighted by molar-refractivity contribution is 6.31. The van der Waals surface area contributed by atoms with Crippen molar-refractivity contribution in [2.24, 2.45) is 0 Å². The molecule has 1 fully saturated rings. The van der Waals surface area contributed by atoms with Crippen LogP contribution in [-0.4, -0.2) is 18.5 Å². The summed E-state index contributed by atoms with van der Waals surface area (Å²) < 4.78 is 0. The molecule has 0 bridgehead atoms. The molecule has 0 spiro atoms. The van der Waals surface area contributed by atoms with Crippen molar-refractivity contribution in [2.75, 3.05) is 11.9 Å². The fourth-order valence-electron chi connectivity index (χ4n) is 2.04. The van der Waals surface area contributed by atoms with Crippen molar-refractivity contribution in [3.05, 3.63) is 28.8 Å². The average molecular weight is 253 g/mol. The van der Waals surface area contributed by atoms with Crippen molar-refractivity contribution in [1.29, 1.82) is 0 Å². The summed E-state index contributed by atoms with van der Waals surface area (Å²) in [6.07, 6.45) is 2.78. The van der Waals surface area contributed by atoms with E-state index in [1.54, 1.807) is 6.07 Å². The molecule has 1 aliphatic heterocycles. The third-order valence-electron chi connectivity index (χ3n) is 3.05. The lowest BCUT2D eigenvalue weighted by molar-refractivity contribution is -0.116. The first-order valence-electron chi connectivity index (χ1n) is 5.94.